The van der Waals surface area contributed by atoms with Crippen LogP contribution >= 0.6 is 0 Å². The summed E-state index contributed by atoms with van der Waals surface area (Å²) in [6.07, 6.45) is 1.12. The Balaban J connectivity index is 1.66. The van der Waals surface area contributed by atoms with E-state index in [1.807, 2.05) is 24.3 Å². The number of likely N-dealkylation sites (N-methyl/N-ethyl adjacent to an activating group) is 1. The highest BCUT2D eigenvalue weighted by Crippen LogP contribution is 2.29. The molecule has 0 radical (unpaired) electrons. The van der Waals surface area contributed by atoms with Gasteiger partial charge in [-0.25, -0.2) is 4.98 Å². The second-order valence-corrected chi connectivity index (χ2v) is 6.12. The molecule has 0 fully saturated rings. The number of carbonyl (C=O) groups excluding carboxylic acids is 1. The Kier molecular flexibility index (Phi) is 4.69. The van der Waals surface area contributed by atoms with Gasteiger partial charge in [0.25, 0.3) is 5.91 Å². The first-order valence-corrected chi connectivity index (χ1v) is 8.08. The number of aryl methyl sites for hydroxylation is 2. The van der Waals surface area contributed by atoms with Crippen molar-refractivity contribution in [2.45, 2.75) is 32.4 Å². The summed E-state index contributed by atoms with van der Waals surface area (Å²) in [7, 11) is 3.35. The molecule has 5 heteroatoms. The summed E-state index contributed by atoms with van der Waals surface area (Å²) >= 11 is 0. The number of pyridine rings is 1. The molecule has 0 bridgehead atoms. The zero-order valence-electron chi connectivity index (χ0n) is 14.3. The molecule has 1 atom stereocenters. The highest BCUT2D eigenvalue weighted by Gasteiger charge is 2.28. The van der Waals surface area contributed by atoms with E-state index in [1.165, 1.54) is 11.1 Å². The Morgan fingerprint density at radius 1 is 1.38 bits per heavy atom. The smallest absolute Gasteiger partial charge is 0.263 e. The van der Waals surface area contributed by atoms with Crippen molar-refractivity contribution in [3.8, 4) is 11.6 Å². The standard InChI is InChI=1S/C19H22N2O3/c1-13-7-9-16-14(11-13)8-10-17(24-16)19(22)21(2)12-15-5-4-6-18(20-15)23-3/h4-7,9,11,17H,8,10,12H2,1-3H3. The van der Waals surface area contributed by atoms with Crippen LogP contribution in [0.4, 0.5) is 0 Å². The maximum absolute atomic E-state index is 12.7. The van der Waals surface area contributed by atoms with E-state index in [0.29, 0.717) is 18.8 Å². The lowest BCUT2D eigenvalue weighted by Gasteiger charge is -2.29. The molecule has 5 nitrogen and oxygen atoms in total. The number of fused-ring (bicyclic) bond motifs is 1. The molecule has 0 spiro atoms. The Hall–Kier alpha value is -2.56. The van der Waals surface area contributed by atoms with Crippen LogP contribution in [0.3, 0.4) is 0 Å². The van der Waals surface area contributed by atoms with Crippen LogP contribution in [0.2, 0.25) is 0 Å². The highest BCUT2D eigenvalue weighted by molar-refractivity contribution is 5.81. The zero-order chi connectivity index (χ0) is 17.1. The molecule has 1 aromatic heterocycles. The predicted octanol–water partition coefficient (Wildman–Crippen LogP) is 2.75. The van der Waals surface area contributed by atoms with Crippen molar-refractivity contribution in [2.75, 3.05) is 14.2 Å². The number of hydrogen-bond acceptors (Lipinski definition) is 4. The highest BCUT2D eigenvalue weighted by atomic mass is 16.5. The molecule has 1 aliphatic heterocycles. The van der Waals surface area contributed by atoms with E-state index >= 15 is 0 Å². The Morgan fingerprint density at radius 3 is 3.00 bits per heavy atom. The normalized spacial score (nSPS) is 16.0. The van der Waals surface area contributed by atoms with Crippen LogP contribution in [0.15, 0.2) is 36.4 Å². The minimum absolute atomic E-state index is 0.0224. The van der Waals surface area contributed by atoms with Gasteiger partial charge in [-0.3, -0.25) is 4.79 Å². The van der Waals surface area contributed by atoms with E-state index in [9.17, 15) is 4.79 Å². The number of rotatable bonds is 4. The summed E-state index contributed by atoms with van der Waals surface area (Å²) in [5.74, 6) is 1.34. The number of amides is 1. The minimum Gasteiger partial charge on any atom is -0.481 e. The molecule has 1 aromatic carbocycles. The van der Waals surface area contributed by atoms with Crippen molar-refractivity contribution in [1.82, 2.24) is 9.88 Å². The number of methoxy groups -OCH3 is 1. The van der Waals surface area contributed by atoms with Gasteiger partial charge in [0.15, 0.2) is 6.10 Å². The Bertz CT molecular complexity index is 745. The van der Waals surface area contributed by atoms with Crippen LogP contribution in [0.5, 0.6) is 11.6 Å². The number of benzene rings is 1. The summed E-state index contributed by atoms with van der Waals surface area (Å²) in [4.78, 5) is 18.7. The van der Waals surface area contributed by atoms with Crippen LogP contribution < -0.4 is 9.47 Å². The van der Waals surface area contributed by atoms with E-state index in [-0.39, 0.29) is 5.91 Å². The third-order valence-corrected chi connectivity index (χ3v) is 4.20. The van der Waals surface area contributed by atoms with Crippen LogP contribution in [-0.4, -0.2) is 36.1 Å². The average molecular weight is 326 g/mol. The third kappa shape index (κ3) is 3.50. The van der Waals surface area contributed by atoms with E-state index in [0.717, 1.165) is 17.9 Å². The first kappa shape index (κ1) is 16.3. The van der Waals surface area contributed by atoms with Gasteiger partial charge in [-0.2, -0.15) is 0 Å². The van der Waals surface area contributed by atoms with Crippen molar-refractivity contribution in [1.29, 1.82) is 0 Å². The van der Waals surface area contributed by atoms with Gasteiger partial charge < -0.3 is 14.4 Å². The lowest BCUT2D eigenvalue weighted by Crippen LogP contribution is -2.41. The van der Waals surface area contributed by atoms with Crippen molar-refractivity contribution < 1.29 is 14.3 Å². The molecular weight excluding hydrogens is 304 g/mol. The first-order chi connectivity index (χ1) is 11.6. The number of hydrogen-bond donors (Lipinski definition) is 0. The topological polar surface area (TPSA) is 51.7 Å². The minimum atomic E-state index is -0.434. The maximum atomic E-state index is 12.7. The summed E-state index contributed by atoms with van der Waals surface area (Å²) < 4.78 is 11.0. The van der Waals surface area contributed by atoms with Gasteiger partial charge in [0.05, 0.1) is 19.3 Å². The van der Waals surface area contributed by atoms with Crippen molar-refractivity contribution >= 4 is 5.91 Å². The van der Waals surface area contributed by atoms with E-state index < -0.39 is 6.10 Å². The van der Waals surface area contributed by atoms with Crippen molar-refractivity contribution in [2.24, 2.45) is 0 Å². The van der Waals surface area contributed by atoms with Crippen molar-refractivity contribution in [3.05, 3.63) is 53.2 Å². The van der Waals surface area contributed by atoms with Gasteiger partial charge in [-0.1, -0.05) is 23.8 Å². The Labute approximate surface area is 142 Å². The fraction of sp³-hybridized carbons (Fsp3) is 0.368. The second kappa shape index (κ2) is 6.91. The molecule has 2 aromatic rings. The molecule has 3 rings (SSSR count). The predicted molar refractivity (Wildman–Crippen MR) is 91.2 cm³/mol. The summed E-state index contributed by atoms with van der Waals surface area (Å²) in [5, 5.41) is 0. The van der Waals surface area contributed by atoms with Crippen LogP contribution in [0, 0.1) is 6.92 Å². The molecule has 126 valence electrons. The van der Waals surface area contributed by atoms with E-state index in [2.05, 4.69) is 18.0 Å². The van der Waals surface area contributed by atoms with Crippen molar-refractivity contribution in [3.63, 3.8) is 0 Å². The van der Waals surface area contributed by atoms with Gasteiger partial charge in [-0.05, 0) is 37.5 Å². The Morgan fingerprint density at radius 2 is 2.21 bits per heavy atom. The fourth-order valence-electron chi connectivity index (χ4n) is 2.92. The molecule has 0 saturated heterocycles. The lowest BCUT2D eigenvalue weighted by atomic mass is 10.00. The zero-order valence-corrected chi connectivity index (χ0v) is 14.3. The van der Waals surface area contributed by atoms with Gasteiger partial charge in [0, 0.05) is 13.1 Å². The third-order valence-electron chi connectivity index (χ3n) is 4.20. The molecule has 0 N–H and O–H groups in total. The fourth-order valence-corrected chi connectivity index (χ4v) is 2.92. The lowest BCUT2D eigenvalue weighted by molar-refractivity contribution is -0.138. The van der Waals surface area contributed by atoms with Crippen LogP contribution in [-0.2, 0) is 17.8 Å². The van der Waals surface area contributed by atoms with Gasteiger partial charge in [-0.15, -0.1) is 0 Å². The van der Waals surface area contributed by atoms with Crippen LogP contribution in [0.25, 0.3) is 0 Å². The second-order valence-electron chi connectivity index (χ2n) is 6.12. The first-order valence-electron chi connectivity index (χ1n) is 8.08. The SMILES string of the molecule is COc1cccc(CN(C)C(=O)C2CCc3cc(C)ccc3O2)n1. The van der Waals surface area contributed by atoms with Gasteiger partial charge >= 0.3 is 0 Å². The molecule has 1 amide bonds. The summed E-state index contributed by atoms with van der Waals surface area (Å²) in [5.41, 5.74) is 3.18. The number of ether oxygens (including phenoxy) is 2. The van der Waals surface area contributed by atoms with E-state index in [4.69, 9.17) is 9.47 Å². The maximum Gasteiger partial charge on any atom is 0.263 e. The quantitative estimate of drug-likeness (QED) is 0.867. The summed E-state index contributed by atoms with van der Waals surface area (Å²) in [6.45, 7) is 2.49. The number of carbonyl (C=O) groups is 1. The molecule has 0 saturated carbocycles. The molecule has 1 unspecified atom stereocenters. The van der Waals surface area contributed by atoms with E-state index in [1.54, 1.807) is 25.1 Å². The number of aromatic nitrogens is 1. The number of nitrogens with zero attached hydrogens (tertiary/aromatic N) is 2. The van der Waals surface area contributed by atoms with Gasteiger partial charge in [0.1, 0.15) is 5.75 Å². The average Bonchev–Trinajstić information content (AvgIpc) is 2.60. The molecule has 2 heterocycles. The summed E-state index contributed by atoms with van der Waals surface area (Å²) in [6, 6.07) is 11.6. The molecule has 1 aliphatic rings. The largest absolute Gasteiger partial charge is 0.481 e. The van der Waals surface area contributed by atoms with Gasteiger partial charge in [0.2, 0.25) is 5.88 Å². The molecular formula is C19H22N2O3. The monoisotopic (exact) mass is 326 g/mol. The molecule has 24 heavy (non-hydrogen) atoms. The molecule has 0 aliphatic carbocycles. The van der Waals surface area contributed by atoms with Crippen LogP contribution in [0.1, 0.15) is 23.2 Å².